The van der Waals surface area contributed by atoms with Gasteiger partial charge in [0.05, 0.1) is 12.3 Å². The highest BCUT2D eigenvalue weighted by atomic mass is 32.2. The number of amides is 1. The molecule has 0 heterocycles. The van der Waals surface area contributed by atoms with Crippen molar-refractivity contribution in [2.24, 2.45) is 0 Å². The molecule has 3 N–H and O–H groups in total. The number of nitrogens with one attached hydrogen (secondary N) is 1. The zero-order valence-corrected chi connectivity index (χ0v) is 9.93. The molecular formula is C12H14N2OS. The van der Waals surface area contributed by atoms with E-state index >= 15 is 0 Å². The van der Waals surface area contributed by atoms with E-state index in [4.69, 9.17) is 12.2 Å². The molecule has 0 aliphatic carbocycles. The lowest BCUT2D eigenvalue weighted by Crippen LogP contribution is -2.25. The first kappa shape index (κ1) is 12.5. The standard InChI is InChI=1S/C12H14N2OS/c1-3-6-14-12(15)8-16-11-5-4-9(2)7-10(11)13/h1,4-5,7H,6,8,13H2,2H3,(H,14,15). The van der Waals surface area contributed by atoms with Crippen molar-refractivity contribution < 1.29 is 4.79 Å². The van der Waals surface area contributed by atoms with E-state index in [1.165, 1.54) is 11.8 Å². The minimum atomic E-state index is -0.0806. The Morgan fingerprint density at radius 3 is 3.00 bits per heavy atom. The van der Waals surface area contributed by atoms with Gasteiger partial charge in [0.25, 0.3) is 0 Å². The maximum Gasteiger partial charge on any atom is 0.231 e. The summed E-state index contributed by atoms with van der Waals surface area (Å²) in [4.78, 5) is 12.2. The summed E-state index contributed by atoms with van der Waals surface area (Å²) in [6.07, 6.45) is 5.03. The molecule has 16 heavy (non-hydrogen) atoms. The smallest absolute Gasteiger partial charge is 0.231 e. The summed E-state index contributed by atoms with van der Waals surface area (Å²) in [7, 11) is 0. The summed E-state index contributed by atoms with van der Waals surface area (Å²) >= 11 is 1.41. The number of rotatable bonds is 4. The van der Waals surface area contributed by atoms with Crippen LogP contribution in [0.3, 0.4) is 0 Å². The molecule has 0 fully saturated rings. The molecule has 0 radical (unpaired) electrons. The van der Waals surface area contributed by atoms with Crippen molar-refractivity contribution in [3.05, 3.63) is 23.8 Å². The van der Waals surface area contributed by atoms with Crippen molar-refractivity contribution in [3.63, 3.8) is 0 Å². The molecule has 4 heteroatoms. The quantitative estimate of drug-likeness (QED) is 0.470. The molecule has 3 nitrogen and oxygen atoms in total. The topological polar surface area (TPSA) is 55.1 Å². The SMILES string of the molecule is C#CCNC(=O)CSc1ccc(C)cc1N. The molecule has 84 valence electrons. The molecule has 0 saturated carbocycles. The lowest BCUT2D eigenvalue weighted by Gasteiger charge is -2.06. The molecule has 0 aliphatic rings. The third-order valence-electron chi connectivity index (χ3n) is 1.91. The van der Waals surface area contributed by atoms with Crippen LogP contribution in [0.1, 0.15) is 5.56 Å². The Morgan fingerprint density at radius 1 is 1.62 bits per heavy atom. The Kier molecular flexibility index (Phi) is 4.74. The molecule has 1 rings (SSSR count). The summed E-state index contributed by atoms with van der Waals surface area (Å²) in [6.45, 7) is 2.24. The number of carbonyl (C=O) groups excluding carboxylic acids is 1. The van der Waals surface area contributed by atoms with Gasteiger partial charge in [-0.25, -0.2) is 0 Å². The second kappa shape index (κ2) is 6.09. The van der Waals surface area contributed by atoms with Crippen molar-refractivity contribution >= 4 is 23.4 Å². The van der Waals surface area contributed by atoms with Crippen molar-refractivity contribution in [2.45, 2.75) is 11.8 Å². The Balaban J connectivity index is 2.49. The number of benzene rings is 1. The summed E-state index contributed by atoms with van der Waals surface area (Å²) in [5.41, 5.74) is 7.64. The Hall–Kier alpha value is -1.60. The van der Waals surface area contributed by atoms with Crippen LogP contribution < -0.4 is 11.1 Å². The van der Waals surface area contributed by atoms with Crippen molar-refractivity contribution in [2.75, 3.05) is 18.0 Å². The van der Waals surface area contributed by atoms with Gasteiger partial charge in [-0.1, -0.05) is 12.0 Å². The van der Waals surface area contributed by atoms with E-state index < -0.39 is 0 Å². The number of hydrogen-bond donors (Lipinski definition) is 2. The lowest BCUT2D eigenvalue weighted by molar-refractivity contribution is -0.118. The fourth-order valence-electron chi connectivity index (χ4n) is 1.14. The average molecular weight is 234 g/mol. The molecule has 0 spiro atoms. The van der Waals surface area contributed by atoms with E-state index in [0.29, 0.717) is 11.4 Å². The molecule has 0 aliphatic heterocycles. The number of carbonyl (C=O) groups is 1. The maximum atomic E-state index is 11.3. The van der Waals surface area contributed by atoms with E-state index in [0.717, 1.165) is 10.5 Å². The molecule has 1 amide bonds. The lowest BCUT2D eigenvalue weighted by atomic mass is 10.2. The van der Waals surface area contributed by atoms with Gasteiger partial charge in [-0.15, -0.1) is 18.2 Å². The van der Waals surface area contributed by atoms with Crippen molar-refractivity contribution in [1.29, 1.82) is 0 Å². The number of nitrogens with two attached hydrogens (primary N) is 1. The fourth-order valence-corrected chi connectivity index (χ4v) is 1.92. The highest BCUT2D eigenvalue weighted by molar-refractivity contribution is 8.00. The van der Waals surface area contributed by atoms with E-state index in [1.54, 1.807) is 0 Å². The largest absolute Gasteiger partial charge is 0.398 e. The van der Waals surface area contributed by atoms with Gasteiger partial charge in [0, 0.05) is 10.6 Å². The predicted octanol–water partition coefficient (Wildman–Crippen LogP) is 1.42. The van der Waals surface area contributed by atoms with Crippen LogP contribution in [0.5, 0.6) is 0 Å². The van der Waals surface area contributed by atoms with Gasteiger partial charge < -0.3 is 11.1 Å². The Labute approximate surface area is 99.8 Å². The summed E-state index contributed by atoms with van der Waals surface area (Å²) in [5, 5.41) is 2.60. The van der Waals surface area contributed by atoms with E-state index in [2.05, 4.69) is 11.2 Å². The first-order chi connectivity index (χ1) is 7.63. The highest BCUT2D eigenvalue weighted by Gasteiger charge is 2.04. The van der Waals surface area contributed by atoms with Crippen LogP contribution in [0.4, 0.5) is 5.69 Å². The molecule has 1 aromatic carbocycles. The summed E-state index contributed by atoms with van der Waals surface area (Å²) in [6, 6.07) is 5.78. The van der Waals surface area contributed by atoms with Crippen LogP contribution in [0.2, 0.25) is 0 Å². The second-order valence-corrected chi connectivity index (χ2v) is 4.33. The van der Waals surface area contributed by atoms with E-state index in [9.17, 15) is 4.79 Å². The van der Waals surface area contributed by atoms with Crippen LogP contribution in [-0.4, -0.2) is 18.2 Å². The summed E-state index contributed by atoms with van der Waals surface area (Å²) in [5.74, 6) is 2.60. The number of anilines is 1. The van der Waals surface area contributed by atoms with Crippen LogP contribution in [0.25, 0.3) is 0 Å². The number of hydrogen-bond acceptors (Lipinski definition) is 3. The van der Waals surface area contributed by atoms with Gasteiger partial charge in [-0.05, 0) is 24.6 Å². The molecule has 0 saturated heterocycles. The second-order valence-electron chi connectivity index (χ2n) is 3.31. The van der Waals surface area contributed by atoms with Crippen LogP contribution in [0, 0.1) is 19.3 Å². The summed E-state index contributed by atoms with van der Waals surface area (Å²) < 4.78 is 0. The monoisotopic (exact) mass is 234 g/mol. The third kappa shape index (κ3) is 3.87. The number of aryl methyl sites for hydroxylation is 1. The van der Waals surface area contributed by atoms with Crippen LogP contribution in [-0.2, 0) is 4.79 Å². The zero-order chi connectivity index (χ0) is 12.0. The Morgan fingerprint density at radius 2 is 2.38 bits per heavy atom. The number of nitrogen functional groups attached to an aromatic ring is 1. The molecule has 1 aromatic rings. The molecular weight excluding hydrogens is 220 g/mol. The van der Waals surface area contributed by atoms with Crippen LogP contribution in [0.15, 0.2) is 23.1 Å². The normalized spacial score (nSPS) is 9.50. The van der Waals surface area contributed by atoms with E-state index in [1.807, 2.05) is 25.1 Å². The van der Waals surface area contributed by atoms with Gasteiger partial charge in [-0.3, -0.25) is 4.79 Å². The third-order valence-corrected chi connectivity index (χ3v) is 3.00. The molecule has 0 unspecified atom stereocenters. The van der Waals surface area contributed by atoms with E-state index in [-0.39, 0.29) is 12.5 Å². The van der Waals surface area contributed by atoms with Crippen molar-refractivity contribution in [1.82, 2.24) is 5.32 Å². The van der Waals surface area contributed by atoms with Gasteiger partial charge in [0.1, 0.15) is 0 Å². The van der Waals surface area contributed by atoms with Gasteiger partial charge in [-0.2, -0.15) is 0 Å². The fraction of sp³-hybridized carbons (Fsp3) is 0.250. The number of thioether (sulfide) groups is 1. The minimum absolute atomic E-state index is 0.0806. The first-order valence-corrected chi connectivity index (χ1v) is 5.81. The van der Waals surface area contributed by atoms with Gasteiger partial charge >= 0.3 is 0 Å². The Bertz CT molecular complexity index is 424. The highest BCUT2D eigenvalue weighted by Crippen LogP contribution is 2.25. The number of terminal acetylenes is 1. The van der Waals surface area contributed by atoms with Gasteiger partial charge in [0.2, 0.25) is 5.91 Å². The molecule has 0 aromatic heterocycles. The van der Waals surface area contributed by atoms with Crippen molar-refractivity contribution in [3.8, 4) is 12.3 Å². The average Bonchev–Trinajstić information content (AvgIpc) is 2.25. The maximum absolute atomic E-state index is 11.3. The zero-order valence-electron chi connectivity index (χ0n) is 9.12. The minimum Gasteiger partial charge on any atom is -0.398 e. The van der Waals surface area contributed by atoms with Crippen LogP contribution >= 0.6 is 11.8 Å². The van der Waals surface area contributed by atoms with Gasteiger partial charge in [0.15, 0.2) is 0 Å². The molecule has 0 bridgehead atoms. The molecule has 0 atom stereocenters. The first-order valence-electron chi connectivity index (χ1n) is 4.82. The predicted molar refractivity (Wildman–Crippen MR) is 68.2 cm³/mol.